The number of thioether (sulfide) groups is 1. The van der Waals surface area contributed by atoms with E-state index in [2.05, 4.69) is 16.8 Å². The summed E-state index contributed by atoms with van der Waals surface area (Å²) in [6, 6.07) is 2.86. The Hall–Kier alpha value is -1.87. The Morgan fingerprint density at radius 2 is 2.41 bits per heavy atom. The highest BCUT2D eigenvalue weighted by Crippen LogP contribution is 2.13. The van der Waals surface area contributed by atoms with E-state index in [4.69, 9.17) is 0 Å². The molecule has 0 radical (unpaired) electrons. The summed E-state index contributed by atoms with van der Waals surface area (Å²) in [5, 5.41) is 10.7. The van der Waals surface area contributed by atoms with Gasteiger partial charge in [0.25, 0.3) is 0 Å². The Kier molecular flexibility index (Phi) is 5.17. The van der Waals surface area contributed by atoms with Gasteiger partial charge in [0.15, 0.2) is 10.8 Å². The zero-order valence-electron chi connectivity index (χ0n) is 9.17. The van der Waals surface area contributed by atoms with Crippen LogP contribution in [0.15, 0.2) is 18.3 Å². The van der Waals surface area contributed by atoms with Crippen molar-refractivity contribution in [3.05, 3.63) is 34.1 Å². The molecule has 5 nitrogen and oxygen atoms in total. The monoisotopic (exact) mass is 250 g/mol. The van der Waals surface area contributed by atoms with E-state index >= 15 is 0 Å². The minimum Gasteiger partial charge on any atom is -0.288 e. The van der Waals surface area contributed by atoms with Gasteiger partial charge in [-0.1, -0.05) is 17.7 Å². The Morgan fingerprint density at radius 1 is 1.65 bits per heavy atom. The van der Waals surface area contributed by atoms with Gasteiger partial charge in [0.05, 0.1) is 4.92 Å². The zero-order valence-corrected chi connectivity index (χ0v) is 9.99. The van der Waals surface area contributed by atoms with Crippen LogP contribution in [0.5, 0.6) is 0 Å². The van der Waals surface area contributed by atoms with E-state index in [0.717, 1.165) is 0 Å². The normalized spacial score (nSPS) is 9.24. The van der Waals surface area contributed by atoms with Crippen LogP contribution >= 0.6 is 11.8 Å². The van der Waals surface area contributed by atoms with Crippen LogP contribution in [0.4, 0.5) is 5.69 Å². The van der Waals surface area contributed by atoms with Gasteiger partial charge in [-0.05, 0) is 12.0 Å². The molecule has 0 aliphatic carbocycles. The number of aromatic nitrogens is 1. The maximum atomic E-state index is 10.6. The number of hydrogen-bond donors (Lipinski definition) is 0. The van der Waals surface area contributed by atoms with Gasteiger partial charge in [0, 0.05) is 31.4 Å². The molecule has 1 rings (SSSR count). The zero-order chi connectivity index (χ0) is 12.7. The van der Waals surface area contributed by atoms with Gasteiger partial charge in [0.2, 0.25) is 0 Å². The van der Waals surface area contributed by atoms with E-state index in [-0.39, 0.29) is 16.5 Å². The highest BCUT2D eigenvalue weighted by Gasteiger charge is 2.10. The molecule has 1 aromatic rings. The first-order valence-corrected chi connectivity index (χ1v) is 5.81. The van der Waals surface area contributed by atoms with Crippen molar-refractivity contribution in [2.75, 3.05) is 5.75 Å². The molecule has 6 heteroatoms. The molecule has 0 spiro atoms. The summed E-state index contributed by atoms with van der Waals surface area (Å²) in [5.41, 5.74) is 0.0598. The molecule has 0 N–H and O–H groups in total. The van der Waals surface area contributed by atoms with Crippen LogP contribution < -0.4 is 0 Å². The molecule has 0 aromatic carbocycles. The first kappa shape index (κ1) is 13.2. The number of rotatable bonds is 3. The molecular weight excluding hydrogens is 240 g/mol. The van der Waals surface area contributed by atoms with E-state index in [9.17, 15) is 14.9 Å². The van der Waals surface area contributed by atoms with Crippen LogP contribution in [0.1, 0.15) is 19.0 Å². The second kappa shape index (κ2) is 6.66. The first-order valence-electron chi connectivity index (χ1n) is 4.83. The van der Waals surface area contributed by atoms with Crippen molar-refractivity contribution in [2.24, 2.45) is 0 Å². The van der Waals surface area contributed by atoms with E-state index in [1.165, 1.54) is 37.0 Å². The van der Waals surface area contributed by atoms with Gasteiger partial charge < -0.3 is 0 Å². The fourth-order valence-electron chi connectivity index (χ4n) is 1.03. The Balaban J connectivity index is 2.65. The second-order valence-electron chi connectivity index (χ2n) is 3.02. The topological polar surface area (TPSA) is 73.1 Å². The summed E-state index contributed by atoms with van der Waals surface area (Å²) in [4.78, 5) is 24.6. The SMILES string of the molecule is CC(=O)SCCC#Cc1ncccc1[N+](=O)[O-]. The molecule has 0 bridgehead atoms. The van der Waals surface area contributed by atoms with E-state index < -0.39 is 4.92 Å². The summed E-state index contributed by atoms with van der Waals surface area (Å²) >= 11 is 1.18. The van der Waals surface area contributed by atoms with Crippen LogP contribution in [0.3, 0.4) is 0 Å². The van der Waals surface area contributed by atoms with Crippen LogP contribution in [0.25, 0.3) is 0 Å². The van der Waals surface area contributed by atoms with Crippen LogP contribution in [-0.2, 0) is 4.79 Å². The maximum Gasteiger partial charge on any atom is 0.303 e. The molecule has 1 heterocycles. The van der Waals surface area contributed by atoms with Crippen LogP contribution in [0.2, 0.25) is 0 Å². The maximum absolute atomic E-state index is 10.6. The first-order chi connectivity index (χ1) is 8.11. The lowest BCUT2D eigenvalue weighted by Crippen LogP contribution is -1.94. The third-order valence-corrected chi connectivity index (χ3v) is 2.54. The summed E-state index contributed by atoms with van der Waals surface area (Å²) in [6.45, 7) is 1.49. The highest BCUT2D eigenvalue weighted by molar-refractivity contribution is 8.13. The lowest BCUT2D eigenvalue weighted by atomic mass is 10.3. The smallest absolute Gasteiger partial charge is 0.288 e. The number of hydrogen-bond acceptors (Lipinski definition) is 5. The minimum atomic E-state index is -0.513. The number of carbonyl (C=O) groups excluding carboxylic acids is 1. The van der Waals surface area contributed by atoms with Gasteiger partial charge in [0.1, 0.15) is 0 Å². The predicted molar refractivity (Wildman–Crippen MR) is 65.5 cm³/mol. The number of carbonyl (C=O) groups is 1. The highest BCUT2D eigenvalue weighted by atomic mass is 32.2. The van der Waals surface area contributed by atoms with E-state index in [1.807, 2.05) is 0 Å². The molecule has 0 aliphatic rings. The summed E-state index contributed by atoms with van der Waals surface area (Å²) in [5.74, 6) is 5.99. The molecule has 0 fully saturated rings. The van der Waals surface area contributed by atoms with Crippen molar-refractivity contribution < 1.29 is 9.72 Å². The number of pyridine rings is 1. The molecular formula is C11H10N2O3S. The summed E-state index contributed by atoms with van der Waals surface area (Å²) in [7, 11) is 0. The van der Waals surface area contributed by atoms with Gasteiger partial charge in [-0.25, -0.2) is 4.98 Å². The van der Waals surface area contributed by atoms with Gasteiger partial charge >= 0.3 is 5.69 Å². The van der Waals surface area contributed by atoms with Gasteiger partial charge in [-0.15, -0.1) is 0 Å². The lowest BCUT2D eigenvalue weighted by Gasteiger charge is -1.92. The number of nitro groups is 1. The van der Waals surface area contributed by atoms with Crippen molar-refractivity contribution >= 4 is 22.6 Å². The fraction of sp³-hybridized carbons (Fsp3) is 0.273. The minimum absolute atomic E-state index is 0.0376. The van der Waals surface area contributed by atoms with Crippen molar-refractivity contribution in [3.8, 4) is 11.8 Å². The predicted octanol–water partition coefficient (Wildman–Crippen LogP) is 2.01. The molecule has 88 valence electrons. The Labute approximate surface area is 103 Å². The quantitative estimate of drug-likeness (QED) is 0.355. The largest absolute Gasteiger partial charge is 0.303 e. The van der Waals surface area contributed by atoms with E-state index in [0.29, 0.717) is 12.2 Å². The molecule has 0 unspecified atom stereocenters. The van der Waals surface area contributed by atoms with E-state index in [1.54, 1.807) is 0 Å². The van der Waals surface area contributed by atoms with Crippen LogP contribution in [-0.4, -0.2) is 20.8 Å². The van der Waals surface area contributed by atoms with Crippen LogP contribution in [0, 0.1) is 22.0 Å². The molecule has 0 amide bonds. The Morgan fingerprint density at radius 3 is 3.06 bits per heavy atom. The van der Waals surface area contributed by atoms with Gasteiger partial charge in [-0.2, -0.15) is 0 Å². The summed E-state index contributed by atoms with van der Waals surface area (Å²) in [6.07, 6.45) is 1.96. The Bertz CT molecular complexity index is 491. The van der Waals surface area contributed by atoms with Crippen molar-refractivity contribution in [1.82, 2.24) is 4.98 Å². The van der Waals surface area contributed by atoms with Crippen molar-refractivity contribution in [1.29, 1.82) is 0 Å². The molecule has 0 atom stereocenters. The second-order valence-corrected chi connectivity index (χ2v) is 4.29. The third kappa shape index (κ3) is 4.66. The fourth-order valence-corrected chi connectivity index (χ4v) is 1.52. The molecule has 17 heavy (non-hydrogen) atoms. The molecule has 1 aromatic heterocycles. The standard InChI is InChI=1S/C11H10N2O3S/c1-9(14)17-8-3-2-5-10-11(13(15)16)6-4-7-12-10/h4,6-7H,3,8H2,1H3. The molecule has 0 aliphatic heterocycles. The lowest BCUT2D eigenvalue weighted by molar-refractivity contribution is -0.385. The molecule has 0 saturated carbocycles. The number of nitrogens with zero attached hydrogens (tertiary/aromatic N) is 2. The van der Waals surface area contributed by atoms with Crippen molar-refractivity contribution in [3.63, 3.8) is 0 Å². The third-order valence-electron chi connectivity index (χ3n) is 1.72. The van der Waals surface area contributed by atoms with Gasteiger partial charge in [-0.3, -0.25) is 14.9 Å². The average molecular weight is 250 g/mol. The molecule has 0 saturated heterocycles. The average Bonchev–Trinajstić information content (AvgIpc) is 2.28. The summed E-state index contributed by atoms with van der Waals surface area (Å²) < 4.78 is 0. The van der Waals surface area contributed by atoms with Crippen molar-refractivity contribution in [2.45, 2.75) is 13.3 Å².